The van der Waals surface area contributed by atoms with Crippen LogP contribution in [0.2, 0.25) is 0 Å². The fourth-order valence-corrected chi connectivity index (χ4v) is 2.04. The molecule has 0 unspecified atom stereocenters. The molecule has 0 radical (unpaired) electrons. The predicted molar refractivity (Wildman–Crippen MR) is 70.4 cm³/mol. The zero-order chi connectivity index (χ0) is 13.9. The Bertz CT molecular complexity index is 469. The molecular weight excluding hydrogens is 246 g/mol. The molecule has 0 heterocycles. The Labute approximate surface area is 112 Å². The number of hydrogen-bond acceptors (Lipinski definition) is 5. The Morgan fingerprint density at radius 2 is 1.89 bits per heavy atom. The van der Waals surface area contributed by atoms with Gasteiger partial charge in [-0.15, -0.1) is 0 Å². The third-order valence-corrected chi connectivity index (χ3v) is 3.40. The van der Waals surface area contributed by atoms with E-state index >= 15 is 0 Å². The topological polar surface area (TPSA) is 56.8 Å². The molecule has 19 heavy (non-hydrogen) atoms. The highest BCUT2D eigenvalue weighted by molar-refractivity contribution is 5.84. The molecule has 0 atom stereocenters. The molecule has 5 nitrogen and oxygen atoms in total. The van der Waals surface area contributed by atoms with Crippen LogP contribution < -0.4 is 14.8 Å². The van der Waals surface area contributed by atoms with Gasteiger partial charge in [0.05, 0.1) is 21.3 Å². The zero-order valence-corrected chi connectivity index (χ0v) is 11.5. The molecule has 1 aromatic carbocycles. The van der Waals surface area contributed by atoms with Crippen LogP contribution in [0.4, 0.5) is 0 Å². The summed E-state index contributed by atoms with van der Waals surface area (Å²) in [6.07, 6.45) is 1.65. The second kappa shape index (κ2) is 5.48. The van der Waals surface area contributed by atoms with E-state index in [0.29, 0.717) is 18.0 Å². The van der Waals surface area contributed by atoms with Crippen LogP contribution in [0.5, 0.6) is 11.5 Å². The number of carbonyl (C=O) groups is 1. The van der Waals surface area contributed by atoms with E-state index in [1.807, 2.05) is 18.2 Å². The molecule has 1 fully saturated rings. The standard InChI is InChI=1S/C14H19NO4/c1-17-11-5-4-10(8-12(11)18-2)9-15-14(6-7-14)13(16)19-3/h4-5,8,15H,6-7,9H2,1-3H3. The van der Waals surface area contributed by atoms with E-state index in [4.69, 9.17) is 14.2 Å². The van der Waals surface area contributed by atoms with Crippen LogP contribution in [-0.4, -0.2) is 32.8 Å². The lowest BCUT2D eigenvalue weighted by Crippen LogP contribution is -2.39. The van der Waals surface area contributed by atoms with Crippen molar-refractivity contribution in [2.75, 3.05) is 21.3 Å². The van der Waals surface area contributed by atoms with E-state index in [1.54, 1.807) is 14.2 Å². The van der Waals surface area contributed by atoms with Crippen molar-refractivity contribution in [3.05, 3.63) is 23.8 Å². The highest BCUT2D eigenvalue weighted by Gasteiger charge is 2.50. The Balaban J connectivity index is 2.02. The van der Waals surface area contributed by atoms with Crippen LogP contribution in [0.1, 0.15) is 18.4 Å². The highest BCUT2D eigenvalue weighted by Crippen LogP contribution is 2.37. The average Bonchev–Trinajstić information content (AvgIpc) is 3.25. The largest absolute Gasteiger partial charge is 0.493 e. The van der Waals surface area contributed by atoms with Gasteiger partial charge >= 0.3 is 5.97 Å². The molecule has 5 heteroatoms. The van der Waals surface area contributed by atoms with Gasteiger partial charge < -0.3 is 14.2 Å². The SMILES string of the molecule is COC(=O)C1(NCc2ccc(OC)c(OC)c2)CC1. The fraction of sp³-hybridized carbons (Fsp3) is 0.500. The molecule has 1 N–H and O–H groups in total. The van der Waals surface area contributed by atoms with Gasteiger partial charge in [-0.2, -0.15) is 0 Å². The molecule has 0 aromatic heterocycles. The van der Waals surface area contributed by atoms with Gasteiger partial charge in [-0.05, 0) is 30.5 Å². The monoisotopic (exact) mass is 265 g/mol. The Morgan fingerprint density at radius 1 is 1.21 bits per heavy atom. The predicted octanol–water partition coefficient (Wildman–Crippen LogP) is 1.50. The summed E-state index contributed by atoms with van der Waals surface area (Å²) in [7, 11) is 4.62. The molecule has 2 rings (SSSR count). The molecule has 0 spiro atoms. The van der Waals surface area contributed by atoms with Gasteiger partial charge in [0.25, 0.3) is 0 Å². The molecule has 0 saturated heterocycles. The maximum atomic E-state index is 11.6. The highest BCUT2D eigenvalue weighted by atomic mass is 16.5. The normalized spacial score (nSPS) is 15.7. The van der Waals surface area contributed by atoms with Gasteiger partial charge in [-0.3, -0.25) is 10.1 Å². The van der Waals surface area contributed by atoms with Crippen molar-refractivity contribution in [2.24, 2.45) is 0 Å². The minimum Gasteiger partial charge on any atom is -0.493 e. The lowest BCUT2D eigenvalue weighted by Gasteiger charge is -2.15. The first-order valence-corrected chi connectivity index (χ1v) is 6.19. The minimum absolute atomic E-state index is 0.187. The summed E-state index contributed by atoms with van der Waals surface area (Å²) in [6.45, 7) is 0.593. The maximum Gasteiger partial charge on any atom is 0.326 e. The zero-order valence-electron chi connectivity index (χ0n) is 11.5. The van der Waals surface area contributed by atoms with Crippen molar-refractivity contribution in [3.8, 4) is 11.5 Å². The second-order valence-electron chi connectivity index (χ2n) is 4.62. The first-order chi connectivity index (χ1) is 9.15. The van der Waals surface area contributed by atoms with E-state index in [1.165, 1.54) is 7.11 Å². The number of rotatable bonds is 6. The number of esters is 1. The number of nitrogens with one attached hydrogen (secondary N) is 1. The fourth-order valence-electron chi connectivity index (χ4n) is 2.04. The summed E-state index contributed by atoms with van der Waals surface area (Å²) in [4.78, 5) is 11.6. The first kappa shape index (κ1) is 13.7. The van der Waals surface area contributed by atoms with E-state index in [9.17, 15) is 4.79 Å². The number of benzene rings is 1. The van der Waals surface area contributed by atoms with Gasteiger partial charge in [0, 0.05) is 6.54 Å². The molecule has 1 aromatic rings. The van der Waals surface area contributed by atoms with E-state index in [2.05, 4.69) is 5.32 Å². The lowest BCUT2D eigenvalue weighted by molar-refractivity contribution is -0.144. The van der Waals surface area contributed by atoms with E-state index < -0.39 is 5.54 Å². The molecule has 0 aliphatic heterocycles. The third kappa shape index (κ3) is 2.81. The second-order valence-corrected chi connectivity index (χ2v) is 4.62. The summed E-state index contributed by atoms with van der Waals surface area (Å²) < 4.78 is 15.2. The average molecular weight is 265 g/mol. The minimum atomic E-state index is -0.484. The van der Waals surface area contributed by atoms with Gasteiger partial charge in [0.1, 0.15) is 5.54 Å². The Kier molecular flexibility index (Phi) is 3.95. The molecule has 0 amide bonds. The van der Waals surface area contributed by atoms with Gasteiger partial charge in [-0.25, -0.2) is 0 Å². The Morgan fingerprint density at radius 3 is 2.42 bits per heavy atom. The molecule has 0 bridgehead atoms. The van der Waals surface area contributed by atoms with Crippen LogP contribution in [-0.2, 0) is 16.1 Å². The molecule has 1 aliphatic carbocycles. The van der Waals surface area contributed by atoms with Crippen molar-refractivity contribution < 1.29 is 19.0 Å². The molecule has 1 saturated carbocycles. The molecule has 104 valence electrons. The van der Waals surface area contributed by atoms with Crippen LogP contribution in [0, 0.1) is 0 Å². The van der Waals surface area contributed by atoms with Crippen molar-refractivity contribution >= 4 is 5.97 Å². The Hall–Kier alpha value is -1.75. The van der Waals surface area contributed by atoms with Crippen molar-refractivity contribution in [1.82, 2.24) is 5.32 Å². The summed E-state index contributed by atoms with van der Waals surface area (Å²) in [5.41, 5.74) is 0.551. The molecular formula is C14H19NO4. The van der Waals surface area contributed by atoms with Crippen LogP contribution >= 0.6 is 0 Å². The smallest absolute Gasteiger partial charge is 0.326 e. The van der Waals surface area contributed by atoms with Crippen molar-refractivity contribution in [3.63, 3.8) is 0 Å². The lowest BCUT2D eigenvalue weighted by atomic mass is 10.1. The third-order valence-electron chi connectivity index (χ3n) is 3.40. The maximum absolute atomic E-state index is 11.6. The quantitative estimate of drug-likeness (QED) is 0.790. The van der Waals surface area contributed by atoms with Crippen LogP contribution in [0.15, 0.2) is 18.2 Å². The van der Waals surface area contributed by atoms with Crippen molar-refractivity contribution in [2.45, 2.75) is 24.9 Å². The van der Waals surface area contributed by atoms with Gasteiger partial charge in [0.2, 0.25) is 0 Å². The first-order valence-electron chi connectivity index (χ1n) is 6.19. The van der Waals surface area contributed by atoms with Crippen LogP contribution in [0.25, 0.3) is 0 Å². The summed E-state index contributed by atoms with van der Waals surface area (Å²) in [6, 6.07) is 5.70. The number of ether oxygens (including phenoxy) is 3. The summed E-state index contributed by atoms with van der Waals surface area (Å²) >= 11 is 0. The molecule has 1 aliphatic rings. The van der Waals surface area contributed by atoms with Crippen LogP contribution in [0.3, 0.4) is 0 Å². The van der Waals surface area contributed by atoms with Gasteiger partial charge in [0.15, 0.2) is 11.5 Å². The summed E-state index contributed by atoms with van der Waals surface area (Å²) in [5, 5.41) is 3.25. The van der Waals surface area contributed by atoms with Gasteiger partial charge in [-0.1, -0.05) is 6.07 Å². The van der Waals surface area contributed by atoms with E-state index in [0.717, 1.165) is 18.4 Å². The van der Waals surface area contributed by atoms with Crippen molar-refractivity contribution in [1.29, 1.82) is 0 Å². The number of carbonyl (C=O) groups excluding carboxylic acids is 1. The summed E-state index contributed by atoms with van der Waals surface area (Å²) in [5.74, 6) is 1.19. The number of methoxy groups -OCH3 is 3. The van der Waals surface area contributed by atoms with E-state index in [-0.39, 0.29) is 5.97 Å². The number of hydrogen-bond donors (Lipinski definition) is 1.